The lowest BCUT2D eigenvalue weighted by Crippen LogP contribution is -2.61. The molecule has 0 unspecified atom stereocenters. The van der Waals surface area contributed by atoms with Crippen LogP contribution >= 0.6 is 23.5 Å². The molecule has 3 aromatic rings. The largest absolute Gasteiger partial charge is 0.481 e. The third-order valence-corrected chi connectivity index (χ3v) is 13.3. The second-order valence-electron chi connectivity index (χ2n) is 18.5. The number of thioether (sulfide) groups is 2. The fraction of sp³-hybridized carbons (Fsp3) is 0.500. The van der Waals surface area contributed by atoms with E-state index >= 15 is 0 Å². The Labute approximate surface area is 455 Å². The summed E-state index contributed by atoms with van der Waals surface area (Å²) in [4.78, 5) is 142. The normalized spacial score (nSPS) is 14.2. The number of hydrogen-bond acceptors (Lipinski definition) is 14. The van der Waals surface area contributed by atoms with E-state index in [4.69, 9.17) is 28.7 Å². The molecule has 27 heteroatoms. The quantitative estimate of drug-likeness (QED) is 0.0174. The van der Waals surface area contributed by atoms with Crippen molar-refractivity contribution in [2.24, 2.45) is 39.6 Å². The molecule has 8 atom stereocenters. The van der Waals surface area contributed by atoms with E-state index in [1.54, 1.807) is 80.9 Å². The van der Waals surface area contributed by atoms with Gasteiger partial charge in [0.2, 0.25) is 53.2 Å². The highest BCUT2D eigenvalue weighted by Crippen LogP contribution is 2.20. The first-order valence-corrected chi connectivity index (χ1v) is 27.6. The van der Waals surface area contributed by atoms with Gasteiger partial charge >= 0.3 is 5.97 Å². The molecular formula is C50H74N14O11S2. The second kappa shape index (κ2) is 32.9. The van der Waals surface area contributed by atoms with Gasteiger partial charge in [-0.05, 0) is 79.2 Å². The van der Waals surface area contributed by atoms with E-state index in [0.717, 1.165) is 0 Å². The summed E-state index contributed by atoms with van der Waals surface area (Å²) < 4.78 is 0. The molecule has 0 aliphatic rings. The zero-order valence-electron chi connectivity index (χ0n) is 43.6. The Morgan fingerprint density at radius 1 is 0.597 bits per heavy atom. The van der Waals surface area contributed by atoms with Gasteiger partial charge in [-0.2, -0.15) is 23.5 Å². The number of carbonyl (C=O) groups is 10. The standard InChI is InChI=1S/C50H74N14O11S2/c1-27(2)41(42(53)68)64-46(72)35(19-22-77-4)60-47(73)36(23-28-11-6-5-7-12-28)61-48(74)37(24-29-26-57-32-15-9-8-13-30(29)32)62-49(75)38(25-39(52)65)63-45(71)34(18-21-76-3)59-44(70)33(16-17-40(66)67)58-43(69)31(51)14-10-20-56-50(54)55/h5-9,11-13,15,26-27,31,33-38,41,57H,10,14,16-25,51H2,1-4H3,(H2,52,65)(H2,53,68)(H,58,69)(H,59,70)(H,60,73)(H,61,74)(H,62,75)(H,63,71)(H,64,72)(H,66,67)(H4,54,55,56)/t31-,33-,34-,35-,36-,37-,38-,41-/m0/s1. The van der Waals surface area contributed by atoms with Crippen molar-refractivity contribution in [2.75, 3.05) is 30.6 Å². The van der Waals surface area contributed by atoms with Gasteiger partial charge in [-0.3, -0.25) is 52.9 Å². The number of aliphatic imine (C=N–C) groups is 1. The zero-order valence-corrected chi connectivity index (χ0v) is 45.3. The fourth-order valence-electron chi connectivity index (χ4n) is 7.86. The molecule has 0 fully saturated rings. The predicted octanol–water partition coefficient (Wildman–Crippen LogP) is -1.88. The smallest absolute Gasteiger partial charge is 0.303 e. The molecule has 19 N–H and O–H groups in total. The first kappa shape index (κ1) is 63.9. The average molecular weight is 1110 g/mol. The molecule has 0 aliphatic heterocycles. The second-order valence-corrected chi connectivity index (χ2v) is 20.4. The Balaban J connectivity index is 1.99. The van der Waals surface area contributed by atoms with Crippen LogP contribution in [-0.4, -0.2) is 154 Å². The summed E-state index contributed by atoms with van der Waals surface area (Å²) in [6.45, 7) is 3.57. The van der Waals surface area contributed by atoms with Crippen LogP contribution in [0.3, 0.4) is 0 Å². The number of primary amides is 2. The van der Waals surface area contributed by atoms with Crippen molar-refractivity contribution in [2.45, 2.75) is 120 Å². The third-order valence-electron chi connectivity index (χ3n) is 12.0. The van der Waals surface area contributed by atoms with E-state index in [-0.39, 0.29) is 56.3 Å². The lowest BCUT2D eigenvalue weighted by Gasteiger charge is -2.28. The van der Waals surface area contributed by atoms with Gasteiger partial charge in [0.1, 0.15) is 42.3 Å². The Kier molecular flexibility index (Phi) is 27.3. The molecule has 3 rings (SSSR count). The van der Waals surface area contributed by atoms with Gasteiger partial charge in [-0.15, -0.1) is 0 Å². The van der Waals surface area contributed by atoms with Gasteiger partial charge in [0, 0.05) is 42.9 Å². The number of amides is 9. The summed E-state index contributed by atoms with van der Waals surface area (Å²) in [5.74, 6) is -8.99. The highest BCUT2D eigenvalue weighted by molar-refractivity contribution is 7.98. The molecule has 0 radical (unpaired) electrons. The van der Waals surface area contributed by atoms with E-state index in [1.165, 1.54) is 23.5 Å². The number of fused-ring (bicyclic) bond motifs is 1. The fourth-order valence-corrected chi connectivity index (χ4v) is 8.80. The van der Waals surface area contributed by atoms with Crippen molar-refractivity contribution in [3.8, 4) is 0 Å². The third kappa shape index (κ3) is 22.4. The van der Waals surface area contributed by atoms with Gasteiger partial charge in [0.25, 0.3) is 0 Å². The first-order valence-electron chi connectivity index (χ1n) is 24.8. The van der Waals surface area contributed by atoms with Crippen LogP contribution in [0.15, 0.2) is 65.8 Å². The topological polar surface area (TPSA) is 433 Å². The predicted molar refractivity (Wildman–Crippen MR) is 294 cm³/mol. The number of nitrogens with two attached hydrogens (primary N) is 5. The number of rotatable bonds is 35. The van der Waals surface area contributed by atoms with E-state index in [0.29, 0.717) is 34.2 Å². The number of nitrogens with one attached hydrogen (secondary N) is 8. The van der Waals surface area contributed by atoms with Crippen LogP contribution in [0.1, 0.15) is 69.9 Å². The molecule has 0 bridgehead atoms. The number of carboxylic acid groups (broad SMARTS) is 1. The molecule has 1 aromatic heterocycles. The summed E-state index contributed by atoms with van der Waals surface area (Å²) in [5.41, 5.74) is 29.8. The molecule has 0 aliphatic carbocycles. The van der Waals surface area contributed by atoms with Crippen LogP contribution in [0.2, 0.25) is 0 Å². The molecule has 2 aromatic carbocycles. The van der Waals surface area contributed by atoms with Crippen LogP contribution in [0.5, 0.6) is 0 Å². The van der Waals surface area contributed by atoms with Crippen molar-refractivity contribution in [1.82, 2.24) is 42.2 Å². The number of nitrogens with zero attached hydrogens (tertiary/aromatic N) is 1. The minimum absolute atomic E-state index is 0.0483. The molecule has 422 valence electrons. The van der Waals surface area contributed by atoms with Crippen molar-refractivity contribution >= 4 is 99.5 Å². The summed E-state index contributed by atoms with van der Waals surface area (Å²) in [7, 11) is 0. The number of guanidine groups is 1. The Morgan fingerprint density at radius 3 is 1.61 bits per heavy atom. The number of benzene rings is 2. The molecule has 77 heavy (non-hydrogen) atoms. The summed E-state index contributed by atoms with van der Waals surface area (Å²) in [6.07, 6.45) is 3.65. The molecule has 0 saturated heterocycles. The van der Waals surface area contributed by atoms with Gasteiger partial charge in [-0.1, -0.05) is 62.4 Å². The summed E-state index contributed by atoms with van der Waals surface area (Å²) in [5, 5.41) is 28.3. The Morgan fingerprint density at radius 2 is 1.08 bits per heavy atom. The molecule has 1 heterocycles. The highest BCUT2D eigenvalue weighted by atomic mass is 32.2. The average Bonchev–Trinajstić information content (AvgIpc) is 3.79. The number of hydrogen-bond donors (Lipinski definition) is 14. The van der Waals surface area contributed by atoms with Crippen molar-refractivity contribution in [3.63, 3.8) is 0 Å². The van der Waals surface area contributed by atoms with Crippen molar-refractivity contribution < 1.29 is 53.1 Å². The van der Waals surface area contributed by atoms with Crippen LogP contribution in [0, 0.1) is 5.92 Å². The van der Waals surface area contributed by atoms with Crippen LogP contribution in [0.25, 0.3) is 10.9 Å². The van der Waals surface area contributed by atoms with Crippen LogP contribution in [0.4, 0.5) is 0 Å². The van der Waals surface area contributed by atoms with E-state index in [1.807, 2.05) is 6.26 Å². The van der Waals surface area contributed by atoms with Gasteiger partial charge in [0.05, 0.1) is 12.5 Å². The molecule has 9 amide bonds. The minimum atomic E-state index is -1.75. The summed E-state index contributed by atoms with van der Waals surface area (Å²) >= 11 is 2.72. The number of carbonyl (C=O) groups excluding carboxylic acids is 9. The van der Waals surface area contributed by atoms with Gasteiger partial charge in [0.15, 0.2) is 5.96 Å². The van der Waals surface area contributed by atoms with Gasteiger partial charge in [-0.25, -0.2) is 0 Å². The molecule has 25 nitrogen and oxygen atoms in total. The number of H-pyrrole nitrogens is 1. The summed E-state index contributed by atoms with van der Waals surface area (Å²) in [6, 6.07) is 4.93. The lowest BCUT2D eigenvalue weighted by atomic mass is 10.0. The number of aliphatic carboxylic acids is 1. The first-order chi connectivity index (χ1) is 36.5. The Hall–Kier alpha value is -7.39. The van der Waals surface area contributed by atoms with Gasteiger partial charge < -0.3 is 76.0 Å². The van der Waals surface area contributed by atoms with Crippen LogP contribution in [-0.2, 0) is 60.8 Å². The minimum Gasteiger partial charge on any atom is -0.481 e. The van der Waals surface area contributed by atoms with E-state index in [2.05, 4.69) is 47.2 Å². The maximum atomic E-state index is 14.7. The molecule has 0 spiro atoms. The van der Waals surface area contributed by atoms with Crippen LogP contribution < -0.4 is 65.9 Å². The number of aromatic amines is 1. The maximum Gasteiger partial charge on any atom is 0.303 e. The van der Waals surface area contributed by atoms with E-state index in [9.17, 15) is 53.1 Å². The number of carboxylic acids is 1. The highest BCUT2D eigenvalue weighted by Gasteiger charge is 2.36. The van der Waals surface area contributed by atoms with Crippen molar-refractivity contribution in [3.05, 3.63) is 71.9 Å². The Bertz CT molecular complexity index is 2530. The lowest BCUT2D eigenvalue weighted by molar-refractivity contribution is -0.138. The maximum absolute atomic E-state index is 14.7. The SMILES string of the molecule is CSCC[C@H](NC(=O)[C@H](CCC(=O)O)NC(=O)[C@@H](N)CCCN=C(N)N)C(=O)N[C@@H](CC(N)=O)C(=O)N[C@@H](Cc1c[nH]c2ccccc12)C(=O)N[C@@H](Cc1ccccc1)C(=O)N[C@@H](CCSC)C(=O)N[C@H](C(N)=O)C(C)C. The molecular weight excluding hydrogens is 1040 g/mol. The zero-order chi connectivity index (χ0) is 57.2. The molecule has 0 saturated carbocycles. The van der Waals surface area contributed by atoms with E-state index < -0.39 is 127 Å². The van der Waals surface area contributed by atoms with Crippen molar-refractivity contribution in [1.29, 1.82) is 0 Å². The monoisotopic (exact) mass is 1110 g/mol. The number of aromatic nitrogens is 1. The number of para-hydroxylation sites is 1.